The summed E-state index contributed by atoms with van der Waals surface area (Å²) >= 11 is 0. The maximum absolute atomic E-state index is 14.0. The van der Waals surface area contributed by atoms with E-state index in [4.69, 9.17) is 4.74 Å². The predicted octanol–water partition coefficient (Wildman–Crippen LogP) is 6.68. The number of benzene rings is 5. The van der Waals surface area contributed by atoms with Crippen LogP contribution in [0.3, 0.4) is 0 Å². The van der Waals surface area contributed by atoms with Crippen LogP contribution in [0, 0.1) is 5.92 Å². The number of aliphatic hydroxyl groups excluding tert-OH is 1. The zero-order valence-electron chi connectivity index (χ0n) is 34.6. The lowest BCUT2D eigenvalue weighted by Crippen LogP contribution is -2.40. The number of carbonyl (C=O) groups excluding carboxylic acids is 2. The van der Waals surface area contributed by atoms with Gasteiger partial charge in [-0.25, -0.2) is 4.79 Å². The lowest BCUT2D eigenvalue weighted by atomic mass is 9.84. The molecule has 3 heterocycles. The maximum Gasteiger partial charge on any atom is 0.347 e. The first-order valence-electron chi connectivity index (χ1n) is 21.3. The van der Waals surface area contributed by atoms with Gasteiger partial charge in [-0.15, -0.1) is 0 Å². The number of aliphatic hydroxyl groups is 2. The summed E-state index contributed by atoms with van der Waals surface area (Å²) in [4.78, 5) is 46.2. The number of esters is 1. The minimum absolute atomic E-state index is 0.0622. The Balaban J connectivity index is 0.864. The molecule has 0 bridgehead atoms. The van der Waals surface area contributed by atoms with Crippen LogP contribution >= 0.6 is 0 Å². The highest BCUT2D eigenvalue weighted by molar-refractivity contribution is 5.95. The average Bonchev–Trinajstić information content (AvgIpc) is 3.32. The van der Waals surface area contributed by atoms with Gasteiger partial charge in [0.15, 0.2) is 0 Å². The number of carbonyl (C=O) groups is 2. The summed E-state index contributed by atoms with van der Waals surface area (Å²) in [6, 6.07) is 40.3. The third-order valence-corrected chi connectivity index (χ3v) is 12.2. The lowest BCUT2D eigenvalue weighted by Gasteiger charge is -2.33. The SMILES string of the molecule is O=C(c1ccc(CNC[C@H](O)c2ccc(O)c3[nH]c(=O)ccc23)cc1)N1CC=C(c2cccc(C(O)(C(=O)OCC3CCN(Cc4ccccc4)CC3)c3ccccc3)c2)CC1. The second-order valence-corrected chi connectivity index (χ2v) is 16.3. The number of amides is 1. The fourth-order valence-electron chi connectivity index (χ4n) is 8.55. The van der Waals surface area contributed by atoms with Crippen LogP contribution in [0.4, 0.5) is 0 Å². The van der Waals surface area contributed by atoms with Crippen LogP contribution in [0.15, 0.2) is 144 Å². The maximum atomic E-state index is 14.0. The largest absolute Gasteiger partial charge is 0.506 e. The highest BCUT2D eigenvalue weighted by Gasteiger charge is 2.42. The first-order chi connectivity index (χ1) is 30.2. The second-order valence-electron chi connectivity index (χ2n) is 16.3. The van der Waals surface area contributed by atoms with Gasteiger partial charge in [0, 0.05) is 55.3 Å². The standard InChI is InChI=1S/C51H52N4O7/c56-45-20-18-43(44-19-21-47(58)53-48(44)45)46(57)32-52-31-35-14-16-39(17-15-35)49(59)55-28-24-38(25-29-55)40-10-7-13-42(30-40)51(61,41-11-5-2-6-12-41)50(60)62-34-37-22-26-54(27-23-37)33-36-8-3-1-4-9-36/h1-21,24,30,37,46,52,56-57,61H,22-23,25-29,31-34H2,(H,53,58)/t46-,51?/m0/s1. The molecule has 8 rings (SSSR count). The molecule has 5 N–H and O–H groups in total. The zero-order valence-corrected chi connectivity index (χ0v) is 34.6. The molecule has 1 fully saturated rings. The number of aromatic amines is 1. The smallest absolute Gasteiger partial charge is 0.347 e. The van der Waals surface area contributed by atoms with E-state index in [9.17, 15) is 29.7 Å². The Morgan fingerprint density at radius 3 is 2.27 bits per heavy atom. The van der Waals surface area contributed by atoms with Crippen molar-refractivity contribution in [2.75, 3.05) is 39.3 Å². The molecule has 11 nitrogen and oxygen atoms in total. The van der Waals surface area contributed by atoms with Gasteiger partial charge >= 0.3 is 5.97 Å². The summed E-state index contributed by atoms with van der Waals surface area (Å²) in [5.41, 5.74) is 4.09. The average molecular weight is 833 g/mol. The Bertz CT molecular complexity index is 2590. The van der Waals surface area contributed by atoms with Gasteiger partial charge in [-0.05, 0) is 102 Å². The fourth-order valence-corrected chi connectivity index (χ4v) is 8.55. The van der Waals surface area contributed by atoms with Gasteiger partial charge in [0.1, 0.15) is 5.75 Å². The molecule has 6 aromatic rings. The number of phenols is 1. The highest BCUT2D eigenvalue weighted by atomic mass is 16.5. The van der Waals surface area contributed by atoms with Crippen molar-refractivity contribution >= 4 is 28.4 Å². The number of phenolic OH excluding ortho intramolecular Hbond substituents is 1. The quantitative estimate of drug-likeness (QED) is 0.0757. The number of pyridine rings is 1. The van der Waals surface area contributed by atoms with Gasteiger partial charge in [-0.2, -0.15) is 0 Å². The number of hydrogen-bond donors (Lipinski definition) is 5. The number of aromatic nitrogens is 1. The number of aromatic hydroxyl groups is 1. The van der Waals surface area contributed by atoms with Gasteiger partial charge < -0.3 is 35.3 Å². The number of fused-ring (bicyclic) bond motifs is 1. The number of H-pyrrole nitrogens is 1. The van der Waals surface area contributed by atoms with E-state index < -0.39 is 17.7 Å². The van der Waals surface area contributed by atoms with E-state index in [1.165, 1.54) is 17.7 Å². The Kier molecular flexibility index (Phi) is 13.1. The molecule has 1 unspecified atom stereocenters. The number of hydrogen-bond acceptors (Lipinski definition) is 9. The number of ether oxygens (including phenoxy) is 1. The van der Waals surface area contributed by atoms with E-state index in [1.54, 1.807) is 59.5 Å². The van der Waals surface area contributed by atoms with Crippen LogP contribution in [-0.2, 0) is 28.2 Å². The summed E-state index contributed by atoms with van der Waals surface area (Å²) in [7, 11) is 0. The molecule has 2 aliphatic rings. The molecule has 2 atom stereocenters. The fraction of sp³-hybridized carbons (Fsp3) is 0.275. The van der Waals surface area contributed by atoms with E-state index in [2.05, 4.69) is 39.5 Å². The van der Waals surface area contributed by atoms with Gasteiger partial charge in [0.2, 0.25) is 11.2 Å². The predicted molar refractivity (Wildman–Crippen MR) is 239 cm³/mol. The second kappa shape index (κ2) is 19.1. The monoisotopic (exact) mass is 832 g/mol. The molecule has 318 valence electrons. The van der Waals surface area contributed by atoms with Crippen LogP contribution in [0.5, 0.6) is 5.75 Å². The topological polar surface area (TPSA) is 155 Å². The first kappa shape index (κ1) is 42.3. The van der Waals surface area contributed by atoms with Gasteiger partial charge in [0.25, 0.3) is 5.91 Å². The molecular formula is C51H52N4O7. The summed E-state index contributed by atoms with van der Waals surface area (Å²) < 4.78 is 5.95. The summed E-state index contributed by atoms with van der Waals surface area (Å²) in [5, 5.41) is 37.2. The third kappa shape index (κ3) is 9.56. The van der Waals surface area contributed by atoms with Crippen molar-refractivity contribution in [2.45, 2.75) is 44.1 Å². The van der Waals surface area contributed by atoms with Crippen LogP contribution in [0.2, 0.25) is 0 Å². The molecule has 0 saturated carbocycles. The molecule has 0 spiro atoms. The molecule has 62 heavy (non-hydrogen) atoms. The Labute approximate surface area is 360 Å². The van der Waals surface area contributed by atoms with Crippen molar-refractivity contribution in [2.24, 2.45) is 5.92 Å². The van der Waals surface area contributed by atoms with Crippen molar-refractivity contribution in [3.8, 4) is 5.75 Å². The number of nitrogens with zero attached hydrogens (tertiary/aromatic N) is 2. The highest BCUT2D eigenvalue weighted by Crippen LogP contribution is 2.35. The third-order valence-electron chi connectivity index (χ3n) is 12.2. The normalized spacial score (nSPS) is 16.4. The number of likely N-dealkylation sites (tertiary alicyclic amines) is 1. The molecular weight excluding hydrogens is 781 g/mol. The lowest BCUT2D eigenvalue weighted by molar-refractivity contribution is -0.164. The van der Waals surface area contributed by atoms with Crippen LogP contribution < -0.4 is 10.9 Å². The van der Waals surface area contributed by atoms with Crippen LogP contribution in [0.1, 0.15) is 69.1 Å². The van der Waals surface area contributed by atoms with Crippen molar-refractivity contribution < 1.29 is 29.6 Å². The molecule has 0 aliphatic carbocycles. The number of nitrogens with one attached hydrogen (secondary N) is 2. The molecule has 1 saturated heterocycles. The molecule has 2 aliphatic heterocycles. The Morgan fingerprint density at radius 1 is 0.823 bits per heavy atom. The van der Waals surface area contributed by atoms with Gasteiger partial charge in [0.05, 0.1) is 18.2 Å². The number of piperidine rings is 1. The molecule has 11 heteroatoms. The van der Waals surface area contributed by atoms with E-state index in [-0.39, 0.29) is 41.8 Å². The van der Waals surface area contributed by atoms with Crippen molar-refractivity contribution in [1.82, 2.24) is 20.1 Å². The van der Waals surface area contributed by atoms with Crippen molar-refractivity contribution in [1.29, 1.82) is 0 Å². The van der Waals surface area contributed by atoms with E-state index in [0.717, 1.165) is 49.2 Å². The summed E-state index contributed by atoms with van der Waals surface area (Å²) in [5.74, 6) is -0.618. The van der Waals surface area contributed by atoms with Gasteiger partial charge in [-0.1, -0.05) is 103 Å². The molecule has 1 amide bonds. The summed E-state index contributed by atoms with van der Waals surface area (Å²) in [6.07, 6.45) is 3.57. The van der Waals surface area contributed by atoms with E-state index in [1.807, 2.05) is 48.5 Å². The van der Waals surface area contributed by atoms with Crippen molar-refractivity contribution in [3.05, 3.63) is 189 Å². The Hall–Kier alpha value is -6.37. The van der Waals surface area contributed by atoms with E-state index >= 15 is 0 Å². The Morgan fingerprint density at radius 2 is 1.55 bits per heavy atom. The minimum atomic E-state index is -2.01. The van der Waals surface area contributed by atoms with Crippen LogP contribution in [0.25, 0.3) is 16.5 Å². The van der Waals surface area contributed by atoms with Crippen LogP contribution in [-0.4, -0.2) is 81.3 Å². The molecule has 1 aromatic heterocycles. The molecule has 5 aromatic carbocycles. The zero-order chi connectivity index (χ0) is 43.1. The minimum Gasteiger partial charge on any atom is -0.506 e. The van der Waals surface area contributed by atoms with Crippen molar-refractivity contribution in [3.63, 3.8) is 0 Å². The molecule has 0 radical (unpaired) electrons. The summed E-state index contributed by atoms with van der Waals surface area (Å²) in [6.45, 7) is 4.60. The number of rotatable bonds is 14. The van der Waals surface area contributed by atoms with Gasteiger partial charge in [-0.3, -0.25) is 14.5 Å². The first-order valence-corrected chi connectivity index (χ1v) is 21.3. The van der Waals surface area contributed by atoms with E-state index in [0.29, 0.717) is 53.7 Å².